The van der Waals surface area contributed by atoms with Crippen LogP contribution >= 0.6 is 0 Å². The molecule has 0 radical (unpaired) electrons. The first-order valence-corrected chi connectivity index (χ1v) is 18.8. The molecule has 5 rings (SSSR count). The third-order valence-electron chi connectivity index (χ3n) is 12.8. The minimum absolute atomic E-state index is 0.0448. The summed E-state index contributed by atoms with van der Waals surface area (Å²) in [7, 11) is 0. The van der Waals surface area contributed by atoms with Crippen LogP contribution in [0.3, 0.4) is 0 Å². The van der Waals surface area contributed by atoms with Gasteiger partial charge in [0.15, 0.2) is 11.2 Å². The van der Waals surface area contributed by atoms with E-state index in [2.05, 4.69) is 35.8 Å². The molecular formula is C35H57N5O7S. The first-order valence-electron chi connectivity index (χ1n) is 17.7. The highest BCUT2D eigenvalue weighted by atomic mass is 32.2. The Bertz CT molecular complexity index is 1350. The van der Waals surface area contributed by atoms with E-state index >= 15 is 0 Å². The molecule has 13 heteroatoms. The smallest absolute Gasteiger partial charge is 0.408 e. The predicted molar refractivity (Wildman–Crippen MR) is 182 cm³/mol. The molecule has 6 atom stereocenters. The second-order valence-electron chi connectivity index (χ2n) is 16.5. The molecule has 3 aliphatic carbocycles. The maximum atomic E-state index is 14.9. The van der Waals surface area contributed by atoms with Crippen LogP contribution in [0.4, 0.5) is 4.79 Å². The van der Waals surface area contributed by atoms with Gasteiger partial charge in [0.25, 0.3) is 5.91 Å². The number of hydrogen-bond donors (Lipinski definition) is 3. The van der Waals surface area contributed by atoms with Crippen molar-refractivity contribution in [3.05, 3.63) is 12.7 Å². The van der Waals surface area contributed by atoms with E-state index in [0.29, 0.717) is 58.5 Å². The van der Waals surface area contributed by atoms with Crippen LogP contribution in [0.1, 0.15) is 100 Å². The summed E-state index contributed by atoms with van der Waals surface area (Å²) in [5.41, 5.74) is -3.00. The largest absolute Gasteiger partial charge is 0.444 e. The second-order valence-corrected chi connectivity index (χ2v) is 17.7. The number of rotatable bonds is 11. The van der Waals surface area contributed by atoms with Gasteiger partial charge in [0.05, 0.1) is 0 Å². The van der Waals surface area contributed by atoms with Crippen LogP contribution in [0, 0.1) is 27.6 Å². The molecule has 2 saturated heterocycles. The van der Waals surface area contributed by atoms with Crippen LogP contribution in [-0.2, 0) is 35.0 Å². The number of amides is 4. The Morgan fingerprint density at radius 1 is 1.04 bits per heavy atom. The number of fused-ring (bicyclic) bond motifs is 1. The molecule has 2 heterocycles. The van der Waals surface area contributed by atoms with Crippen molar-refractivity contribution in [3.8, 4) is 0 Å². The van der Waals surface area contributed by atoms with Crippen molar-refractivity contribution < 1.29 is 32.9 Å². The topological polar surface area (TPSA) is 146 Å². The molecule has 3 N–H and O–H groups in total. The Morgan fingerprint density at radius 3 is 2.15 bits per heavy atom. The number of nitrogens with zero attached hydrogens (tertiary/aromatic N) is 2. The molecule has 3 saturated carbocycles. The lowest BCUT2D eigenvalue weighted by Gasteiger charge is -2.42. The van der Waals surface area contributed by atoms with Gasteiger partial charge in [-0.05, 0) is 70.1 Å². The predicted octanol–water partition coefficient (Wildman–Crippen LogP) is 3.59. The lowest BCUT2D eigenvalue weighted by atomic mass is 9.73. The van der Waals surface area contributed by atoms with Gasteiger partial charge in [-0.1, -0.05) is 47.1 Å². The van der Waals surface area contributed by atoms with Gasteiger partial charge in [-0.15, -0.1) is 6.58 Å². The van der Waals surface area contributed by atoms with E-state index in [4.69, 9.17) is 9.47 Å². The summed E-state index contributed by atoms with van der Waals surface area (Å²) in [6, 6.07) is -1.80. The summed E-state index contributed by atoms with van der Waals surface area (Å²) in [6.45, 7) is 21.7. The number of alkyl carbamates (subject to hydrolysis) is 1. The molecule has 2 spiro atoms. The van der Waals surface area contributed by atoms with Crippen LogP contribution in [0.25, 0.3) is 0 Å². The SMILES string of the molecule is C=CC1CC1(NC(=O)C1CC2(CN1C(=O)C(NC(=O)OC(C)(C)C)C1(C)CCOCC1)C(C)(C)C21CCC1)C(=O)NS(=O)N(CC)CC. The van der Waals surface area contributed by atoms with Crippen LogP contribution in [0.5, 0.6) is 0 Å². The Morgan fingerprint density at radius 2 is 1.67 bits per heavy atom. The van der Waals surface area contributed by atoms with E-state index < -0.39 is 57.7 Å². The van der Waals surface area contributed by atoms with Crippen LogP contribution in [0.2, 0.25) is 0 Å². The molecule has 0 aromatic carbocycles. The second kappa shape index (κ2) is 12.7. The molecule has 6 unspecified atom stereocenters. The minimum atomic E-state index is -1.77. The Kier molecular flexibility index (Phi) is 9.71. The average molecular weight is 692 g/mol. The Labute approximate surface area is 288 Å². The van der Waals surface area contributed by atoms with Crippen LogP contribution < -0.4 is 15.4 Å². The first-order chi connectivity index (χ1) is 22.4. The molecule has 5 aliphatic rings. The van der Waals surface area contributed by atoms with Gasteiger partial charge in [0.2, 0.25) is 11.8 Å². The normalized spacial score (nSPS) is 32.1. The molecule has 5 fully saturated rings. The fraction of sp³-hybridized carbons (Fsp3) is 0.829. The number of ether oxygens (including phenoxy) is 2. The molecular weight excluding hydrogens is 634 g/mol. The van der Waals surface area contributed by atoms with Gasteiger partial charge in [0.1, 0.15) is 23.2 Å². The minimum Gasteiger partial charge on any atom is -0.444 e. The zero-order valence-electron chi connectivity index (χ0n) is 30.2. The summed E-state index contributed by atoms with van der Waals surface area (Å²) < 4.78 is 28.4. The van der Waals surface area contributed by atoms with Gasteiger partial charge in [-0.25, -0.2) is 13.3 Å². The van der Waals surface area contributed by atoms with Crippen molar-refractivity contribution in [2.24, 2.45) is 27.6 Å². The lowest BCUT2D eigenvalue weighted by molar-refractivity contribution is -0.145. The summed E-state index contributed by atoms with van der Waals surface area (Å²) in [5.74, 6) is -1.61. The number of carbonyl (C=O) groups is 4. The zero-order valence-corrected chi connectivity index (χ0v) is 31.0. The number of hydrogen-bond acceptors (Lipinski definition) is 7. The molecule has 270 valence electrons. The molecule has 2 aliphatic heterocycles. The molecule has 0 aromatic heterocycles. The molecule has 4 amide bonds. The average Bonchev–Trinajstić information content (AvgIpc) is 3.70. The van der Waals surface area contributed by atoms with E-state index in [-0.39, 0.29) is 28.1 Å². The van der Waals surface area contributed by atoms with Crippen molar-refractivity contribution in [2.45, 2.75) is 124 Å². The fourth-order valence-electron chi connectivity index (χ4n) is 9.35. The molecule has 0 bridgehead atoms. The van der Waals surface area contributed by atoms with Gasteiger partial charge in [-0.2, -0.15) is 0 Å². The van der Waals surface area contributed by atoms with Gasteiger partial charge < -0.3 is 25.0 Å². The van der Waals surface area contributed by atoms with Gasteiger partial charge in [-0.3, -0.25) is 19.1 Å². The van der Waals surface area contributed by atoms with Crippen molar-refractivity contribution in [1.29, 1.82) is 0 Å². The van der Waals surface area contributed by atoms with E-state index in [1.165, 1.54) is 0 Å². The van der Waals surface area contributed by atoms with E-state index in [1.54, 1.807) is 36.1 Å². The van der Waals surface area contributed by atoms with E-state index in [0.717, 1.165) is 19.3 Å². The number of carbonyl (C=O) groups excluding carboxylic acids is 4. The molecule has 48 heavy (non-hydrogen) atoms. The summed E-state index contributed by atoms with van der Waals surface area (Å²) in [6.07, 6.45) is 6.07. The van der Waals surface area contributed by atoms with Gasteiger partial charge >= 0.3 is 6.09 Å². The van der Waals surface area contributed by atoms with E-state index in [9.17, 15) is 23.4 Å². The summed E-state index contributed by atoms with van der Waals surface area (Å²) >= 11 is -1.77. The highest BCUT2D eigenvalue weighted by Crippen LogP contribution is 2.88. The highest BCUT2D eigenvalue weighted by Gasteiger charge is 2.85. The Balaban J connectivity index is 1.46. The Hall–Kier alpha value is -2.51. The van der Waals surface area contributed by atoms with Crippen molar-refractivity contribution in [3.63, 3.8) is 0 Å². The van der Waals surface area contributed by atoms with E-state index in [1.807, 2.05) is 20.8 Å². The first kappa shape index (κ1) is 36.8. The van der Waals surface area contributed by atoms with Crippen LogP contribution in [-0.4, -0.2) is 93.3 Å². The monoisotopic (exact) mass is 691 g/mol. The maximum absolute atomic E-state index is 14.9. The molecule has 0 aromatic rings. The van der Waals surface area contributed by atoms with Crippen molar-refractivity contribution in [2.75, 3.05) is 32.8 Å². The lowest BCUT2D eigenvalue weighted by Crippen LogP contribution is -2.61. The van der Waals surface area contributed by atoms with Gasteiger partial charge in [0, 0.05) is 49.6 Å². The van der Waals surface area contributed by atoms with Crippen LogP contribution in [0.15, 0.2) is 12.7 Å². The standard InChI is InChI=1S/C35H57N5O7S/c1-10-23-20-35(23,28(43)38-48(45)39(11-2)12-3)37-26(41)24-21-34(31(7,8)33(34)14-13-15-33)22-40(24)27(42)25(32(9)16-18-46-19-17-32)36-29(44)47-30(4,5)6/h10,23-25H,1,11-22H2,2-9H3,(H,36,44)(H,37,41)(H,38,43). The third kappa shape index (κ3) is 5.89. The molecule has 12 nitrogen and oxygen atoms in total. The number of likely N-dealkylation sites (tertiary alicyclic amines) is 1. The highest BCUT2D eigenvalue weighted by molar-refractivity contribution is 7.81. The maximum Gasteiger partial charge on any atom is 0.408 e. The summed E-state index contributed by atoms with van der Waals surface area (Å²) in [5, 5.41) is 5.95. The fourth-order valence-corrected chi connectivity index (χ4v) is 10.3. The van der Waals surface area contributed by atoms with Crippen molar-refractivity contribution in [1.82, 2.24) is 24.6 Å². The zero-order chi connectivity index (χ0) is 35.5. The van der Waals surface area contributed by atoms with Crippen molar-refractivity contribution >= 4 is 35.0 Å². The third-order valence-corrected chi connectivity index (χ3v) is 14.2. The number of nitrogens with one attached hydrogen (secondary N) is 3. The quantitative estimate of drug-likeness (QED) is 0.281. The summed E-state index contributed by atoms with van der Waals surface area (Å²) in [4.78, 5) is 58.0.